The Balaban J connectivity index is 2.33. The van der Waals surface area contributed by atoms with Crippen LogP contribution < -0.4 is 0 Å². The third kappa shape index (κ3) is 4.50. The smallest absolute Gasteiger partial charge is 0.411 e. The second-order valence-electron chi connectivity index (χ2n) is 4.53. The van der Waals surface area contributed by atoms with E-state index in [1.165, 1.54) is 18.2 Å². The Labute approximate surface area is 144 Å². The van der Waals surface area contributed by atoms with E-state index in [-0.39, 0.29) is 22.8 Å². The van der Waals surface area contributed by atoms with Gasteiger partial charge in [-0.15, -0.1) is 0 Å². The summed E-state index contributed by atoms with van der Waals surface area (Å²) in [6.45, 7) is 0. The van der Waals surface area contributed by atoms with Crippen molar-refractivity contribution >= 4 is 40.5 Å². The van der Waals surface area contributed by atoms with Crippen molar-refractivity contribution in [1.29, 1.82) is 0 Å². The molecule has 2 rings (SSSR count). The van der Waals surface area contributed by atoms with Crippen molar-refractivity contribution in [2.75, 3.05) is 0 Å². The van der Waals surface area contributed by atoms with E-state index in [9.17, 15) is 13.2 Å². The molecule has 1 N–H and O–H groups in total. The zero-order valence-corrected chi connectivity index (χ0v) is 13.5. The highest BCUT2D eigenvalue weighted by molar-refractivity contribution is 6.35. The molecule has 0 saturated heterocycles. The first-order valence-electron chi connectivity index (χ1n) is 6.09. The molecule has 1 aromatic heterocycles. The van der Waals surface area contributed by atoms with E-state index >= 15 is 0 Å². The van der Waals surface area contributed by atoms with E-state index in [1.54, 1.807) is 0 Å². The van der Waals surface area contributed by atoms with Crippen molar-refractivity contribution < 1.29 is 18.4 Å². The van der Waals surface area contributed by atoms with Gasteiger partial charge in [-0.1, -0.05) is 40.0 Å². The molecule has 0 aliphatic rings. The monoisotopic (exact) mass is 382 g/mol. The number of pyridine rings is 1. The van der Waals surface area contributed by atoms with Crippen LogP contribution in [-0.2, 0) is 12.6 Å². The first-order valence-corrected chi connectivity index (χ1v) is 7.23. The molecule has 1 heterocycles. The van der Waals surface area contributed by atoms with Gasteiger partial charge in [-0.3, -0.25) is 4.98 Å². The number of nitrogens with zero attached hydrogens (tertiary/aromatic N) is 2. The van der Waals surface area contributed by atoms with Crippen LogP contribution >= 0.6 is 34.8 Å². The minimum atomic E-state index is -4.54. The van der Waals surface area contributed by atoms with Crippen molar-refractivity contribution in [2.24, 2.45) is 5.16 Å². The van der Waals surface area contributed by atoms with Crippen LogP contribution in [0.15, 0.2) is 35.6 Å². The SMILES string of the molecule is O/N=C(\Cc1ncc(C(F)(F)F)cc1Cl)c1cc(Cl)cc(Cl)c1. The van der Waals surface area contributed by atoms with Crippen LogP contribution in [0.4, 0.5) is 13.2 Å². The van der Waals surface area contributed by atoms with Gasteiger partial charge in [0.05, 0.1) is 22.0 Å². The lowest BCUT2D eigenvalue weighted by atomic mass is 10.0. The second kappa shape index (κ2) is 6.95. The maximum absolute atomic E-state index is 12.6. The highest BCUT2D eigenvalue weighted by atomic mass is 35.5. The predicted octanol–water partition coefficient (Wildman–Crippen LogP) is 5.48. The Bertz CT molecular complexity index is 743. The van der Waals surface area contributed by atoms with Crippen molar-refractivity contribution in [2.45, 2.75) is 12.6 Å². The van der Waals surface area contributed by atoms with Gasteiger partial charge in [-0.05, 0) is 24.3 Å². The fraction of sp³-hybridized carbons (Fsp3) is 0.143. The Kier molecular flexibility index (Phi) is 5.39. The Hall–Kier alpha value is -1.50. The minimum absolute atomic E-state index is 0.0931. The molecule has 122 valence electrons. The lowest BCUT2D eigenvalue weighted by molar-refractivity contribution is -0.137. The molecule has 0 amide bonds. The molecule has 0 unspecified atom stereocenters. The molecule has 0 fully saturated rings. The zero-order chi connectivity index (χ0) is 17.2. The van der Waals surface area contributed by atoms with Gasteiger partial charge >= 0.3 is 6.18 Å². The van der Waals surface area contributed by atoms with E-state index in [0.29, 0.717) is 21.8 Å². The molecule has 0 radical (unpaired) electrons. The number of hydrogen-bond donors (Lipinski definition) is 1. The van der Waals surface area contributed by atoms with Crippen molar-refractivity contribution in [1.82, 2.24) is 4.98 Å². The van der Waals surface area contributed by atoms with Gasteiger partial charge in [-0.2, -0.15) is 13.2 Å². The first kappa shape index (κ1) is 17.8. The third-order valence-electron chi connectivity index (χ3n) is 2.90. The molecular weight excluding hydrogens is 376 g/mol. The largest absolute Gasteiger partial charge is 0.417 e. The van der Waals surface area contributed by atoms with E-state index < -0.39 is 11.7 Å². The van der Waals surface area contributed by atoms with E-state index in [1.807, 2.05) is 0 Å². The lowest BCUT2D eigenvalue weighted by Crippen LogP contribution is -2.10. The standard InChI is InChI=1S/C14H8Cl3F3N2O/c15-9-1-7(2-10(16)4-9)12(22-23)5-13-11(17)3-8(6-21-13)14(18,19)20/h1-4,6,23H,5H2/b22-12+. The molecule has 2 aromatic rings. The van der Waals surface area contributed by atoms with Gasteiger partial charge < -0.3 is 5.21 Å². The Morgan fingerprint density at radius 2 is 1.70 bits per heavy atom. The van der Waals surface area contributed by atoms with Crippen molar-refractivity contribution in [3.8, 4) is 0 Å². The second-order valence-corrected chi connectivity index (χ2v) is 5.81. The molecule has 0 aliphatic heterocycles. The Morgan fingerprint density at radius 1 is 1.09 bits per heavy atom. The van der Waals surface area contributed by atoms with E-state index in [0.717, 1.165) is 6.07 Å². The maximum atomic E-state index is 12.6. The molecule has 0 bridgehead atoms. The third-order valence-corrected chi connectivity index (χ3v) is 3.66. The minimum Gasteiger partial charge on any atom is -0.411 e. The number of alkyl halides is 3. The van der Waals surface area contributed by atoms with Gasteiger partial charge in [0.1, 0.15) is 0 Å². The number of halogens is 6. The molecular formula is C14H8Cl3F3N2O. The highest BCUT2D eigenvalue weighted by Crippen LogP contribution is 2.31. The van der Waals surface area contributed by atoms with Crippen molar-refractivity contribution in [3.63, 3.8) is 0 Å². The highest BCUT2D eigenvalue weighted by Gasteiger charge is 2.31. The summed E-state index contributed by atoms with van der Waals surface area (Å²) in [5.74, 6) is 0. The molecule has 0 atom stereocenters. The number of aromatic nitrogens is 1. The summed E-state index contributed by atoms with van der Waals surface area (Å²) in [6.07, 6.45) is -3.96. The van der Waals surface area contributed by atoms with Crippen LogP contribution in [0.25, 0.3) is 0 Å². The summed E-state index contributed by atoms with van der Waals surface area (Å²) in [7, 11) is 0. The molecule has 0 saturated carbocycles. The molecule has 1 aromatic carbocycles. The van der Waals surface area contributed by atoms with Crippen molar-refractivity contribution in [3.05, 3.63) is 62.4 Å². The summed E-state index contributed by atoms with van der Waals surface area (Å²) in [5.41, 5.74) is -0.311. The molecule has 23 heavy (non-hydrogen) atoms. The predicted molar refractivity (Wildman–Crippen MR) is 82.7 cm³/mol. The van der Waals surface area contributed by atoms with Crippen LogP contribution in [0.5, 0.6) is 0 Å². The number of oxime groups is 1. The van der Waals surface area contributed by atoms with Crippen LogP contribution in [0.1, 0.15) is 16.8 Å². The normalized spacial score (nSPS) is 12.5. The van der Waals surface area contributed by atoms with Gasteiger partial charge in [0.2, 0.25) is 0 Å². The molecule has 3 nitrogen and oxygen atoms in total. The fourth-order valence-electron chi connectivity index (χ4n) is 1.83. The summed E-state index contributed by atoms with van der Waals surface area (Å²) in [5, 5.41) is 12.7. The number of hydrogen-bond acceptors (Lipinski definition) is 3. The van der Waals surface area contributed by atoms with Gasteiger partial charge in [0.25, 0.3) is 0 Å². The number of benzene rings is 1. The van der Waals surface area contributed by atoms with E-state index in [4.69, 9.17) is 40.0 Å². The first-order chi connectivity index (χ1) is 10.7. The van der Waals surface area contributed by atoms with Crippen LogP contribution in [-0.4, -0.2) is 15.9 Å². The summed E-state index contributed by atoms with van der Waals surface area (Å²) < 4.78 is 37.8. The number of rotatable bonds is 3. The zero-order valence-electron chi connectivity index (χ0n) is 11.2. The fourth-order valence-corrected chi connectivity index (χ4v) is 2.58. The molecule has 9 heteroatoms. The van der Waals surface area contributed by atoms with E-state index in [2.05, 4.69) is 10.1 Å². The van der Waals surface area contributed by atoms with Gasteiger partial charge in [0.15, 0.2) is 0 Å². The van der Waals surface area contributed by atoms with Crippen LogP contribution in [0.3, 0.4) is 0 Å². The molecule has 0 spiro atoms. The maximum Gasteiger partial charge on any atom is 0.417 e. The summed E-state index contributed by atoms with van der Waals surface area (Å²) in [6, 6.07) is 5.26. The van der Waals surface area contributed by atoms with Gasteiger partial charge in [0, 0.05) is 28.2 Å². The summed E-state index contributed by atoms with van der Waals surface area (Å²) in [4.78, 5) is 3.69. The average Bonchev–Trinajstić information content (AvgIpc) is 2.43. The molecule has 0 aliphatic carbocycles. The topological polar surface area (TPSA) is 45.5 Å². The Morgan fingerprint density at radius 3 is 2.17 bits per heavy atom. The average molecular weight is 384 g/mol. The lowest BCUT2D eigenvalue weighted by Gasteiger charge is -2.10. The quantitative estimate of drug-likeness (QED) is 0.433. The van der Waals surface area contributed by atoms with Crippen LogP contribution in [0, 0.1) is 0 Å². The van der Waals surface area contributed by atoms with Gasteiger partial charge in [-0.25, -0.2) is 0 Å². The summed E-state index contributed by atoms with van der Waals surface area (Å²) >= 11 is 17.6. The van der Waals surface area contributed by atoms with Crippen LogP contribution in [0.2, 0.25) is 15.1 Å².